The second-order valence-electron chi connectivity index (χ2n) is 14.0. The van der Waals surface area contributed by atoms with E-state index in [0.29, 0.717) is 0 Å². The molecule has 0 saturated carbocycles. The largest absolute Gasteiger partial charge is 0.309 e. The number of benzene rings is 8. The number of aryl methyl sites for hydroxylation is 2. The van der Waals surface area contributed by atoms with E-state index in [1.54, 1.807) is 0 Å². The van der Waals surface area contributed by atoms with Gasteiger partial charge in [-0.1, -0.05) is 127 Å². The average molecular weight is 680 g/mol. The third-order valence-electron chi connectivity index (χ3n) is 11.0. The lowest BCUT2D eigenvalue weighted by Gasteiger charge is -2.17. The van der Waals surface area contributed by atoms with Crippen molar-refractivity contribution in [2.45, 2.75) is 12.8 Å². The van der Waals surface area contributed by atoms with Gasteiger partial charge in [0.05, 0.1) is 11.0 Å². The molecule has 2 heteroatoms. The van der Waals surface area contributed by atoms with Crippen LogP contribution in [0.2, 0.25) is 0 Å². The van der Waals surface area contributed by atoms with E-state index in [1.807, 2.05) is 11.3 Å². The summed E-state index contributed by atoms with van der Waals surface area (Å²) in [5.41, 5.74) is 16.7. The molecule has 52 heavy (non-hydrogen) atoms. The molecule has 11 rings (SSSR count). The van der Waals surface area contributed by atoms with Gasteiger partial charge in [-0.2, -0.15) is 0 Å². The van der Waals surface area contributed by atoms with Gasteiger partial charge in [-0.25, -0.2) is 0 Å². The summed E-state index contributed by atoms with van der Waals surface area (Å²) in [6.45, 7) is 0. The second-order valence-corrected chi connectivity index (χ2v) is 15.1. The third kappa shape index (κ3) is 4.61. The Morgan fingerprint density at radius 3 is 1.54 bits per heavy atom. The van der Waals surface area contributed by atoms with Crippen molar-refractivity contribution in [2.24, 2.45) is 0 Å². The first-order chi connectivity index (χ1) is 25.8. The van der Waals surface area contributed by atoms with Crippen LogP contribution in [0.15, 0.2) is 176 Å². The fourth-order valence-corrected chi connectivity index (χ4v) is 9.87. The van der Waals surface area contributed by atoms with E-state index < -0.39 is 0 Å². The van der Waals surface area contributed by atoms with Crippen LogP contribution in [0.5, 0.6) is 0 Å². The molecule has 0 bridgehead atoms. The Hall–Kier alpha value is -6.22. The van der Waals surface area contributed by atoms with Crippen molar-refractivity contribution < 1.29 is 0 Å². The Bertz CT molecular complexity index is 2930. The Kier molecular flexibility index (Phi) is 6.62. The monoisotopic (exact) mass is 679 g/mol. The van der Waals surface area contributed by atoms with Crippen molar-refractivity contribution in [1.29, 1.82) is 0 Å². The quantitative estimate of drug-likeness (QED) is 0.171. The maximum absolute atomic E-state index is 2.53. The van der Waals surface area contributed by atoms with Crippen LogP contribution in [0.1, 0.15) is 11.1 Å². The summed E-state index contributed by atoms with van der Waals surface area (Å²) >= 11 is 1.91. The topological polar surface area (TPSA) is 4.93 Å². The van der Waals surface area contributed by atoms with Gasteiger partial charge in [-0.05, 0) is 117 Å². The van der Waals surface area contributed by atoms with Crippen molar-refractivity contribution >= 4 is 53.3 Å². The average Bonchev–Trinajstić information content (AvgIpc) is 3.77. The standard InChI is InChI=1S/C50H33NS/c1-4-13-32(14-5-1)36-27-37(33-15-6-2-7-16-33)29-38(28-36)39-25-34-23-24-35-26-40(42-20-12-21-44-43-19-10-11-22-47(43)52-50(42)44)31-46-49(35)48(34)45(30-39)51(46)41-17-8-3-9-18-41/h1-22,25-31H,23-24H2. The lowest BCUT2D eigenvalue weighted by molar-refractivity contribution is 0.970. The summed E-state index contributed by atoms with van der Waals surface area (Å²) in [4.78, 5) is 0. The van der Waals surface area contributed by atoms with Crippen LogP contribution in [-0.4, -0.2) is 4.57 Å². The molecular weight excluding hydrogens is 647 g/mol. The van der Waals surface area contributed by atoms with E-state index in [2.05, 4.69) is 180 Å². The fraction of sp³-hybridized carbons (Fsp3) is 0.0400. The van der Waals surface area contributed by atoms with Gasteiger partial charge in [0.2, 0.25) is 0 Å². The van der Waals surface area contributed by atoms with Crippen LogP contribution in [0.3, 0.4) is 0 Å². The van der Waals surface area contributed by atoms with Crippen LogP contribution in [0.4, 0.5) is 0 Å². The Balaban J connectivity index is 1.18. The number of fused-ring (bicyclic) bond motifs is 3. The molecule has 0 unspecified atom stereocenters. The van der Waals surface area contributed by atoms with Gasteiger partial charge < -0.3 is 4.57 Å². The fourth-order valence-electron chi connectivity index (χ4n) is 8.64. The molecule has 10 aromatic rings. The first kappa shape index (κ1) is 29.5. The minimum absolute atomic E-state index is 1.02. The van der Waals surface area contributed by atoms with Crippen LogP contribution in [0.25, 0.3) is 92.2 Å². The van der Waals surface area contributed by atoms with Crippen molar-refractivity contribution in [2.75, 3.05) is 0 Å². The van der Waals surface area contributed by atoms with Crippen LogP contribution < -0.4 is 0 Å². The zero-order valence-electron chi connectivity index (χ0n) is 28.5. The van der Waals surface area contributed by atoms with Crippen molar-refractivity contribution in [3.63, 3.8) is 0 Å². The molecule has 1 aliphatic rings. The first-order valence-electron chi connectivity index (χ1n) is 18.1. The first-order valence-corrected chi connectivity index (χ1v) is 18.9. The van der Waals surface area contributed by atoms with Gasteiger partial charge in [0.1, 0.15) is 0 Å². The minimum Gasteiger partial charge on any atom is -0.309 e. The molecule has 2 aromatic heterocycles. The predicted molar refractivity (Wildman–Crippen MR) is 223 cm³/mol. The molecule has 1 nitrogen and oxygen atoms in total. The second kappa shape index (κ2) is 11.7. The molecule has 0 fully saturated rings. The molecule has 8 aromatic carbocycles. The van der Waals surface area contributed by atoms with Crippen LogP contribution >= 0.6 is 11.3 Å². The lowest BCUT2D eigenvalue weighted by Crippen LogP contribution is -2.00. The third-order valence-corrected chi connectivity index (χ3v) is 12.2. The molecule has 0 spiro atoms. The number of para-hydroxylation sites is 1. The van der Waals surface area contributed by atoms with Crippen LogP contribution in [-0.2, 0) is 12.8 Å². The molecule has 0 aliphatic heterocycles. The summed E-state index contributed by atoms with van der Waals surface area (Å²) in [7, 11) is 0. The summed E-state index contributed by atoms with van der Waals surface area (Å²) in [5, 5.41) is 5.49. The molecule has 0 N–H and O–H groups in total. The molecule has 0 radical (unpaired) electrons. The number of thiophene rings is 1. The Morgan fingerprint density at radius 2 is 0.885 bits per heavy atom. The number of aromatic nitrogens is 1. The van der Waals surface area contributed by atoms with E-state index in [-0.39, 0.29) is 0 Å². The number of hydrogen-bond donors (Lipinski definition) is 0. The van der Waals surface area contributed by atoms with Gasteiger partial charge >= 0.3 is 0 Å². The van der Waals surface area contributed by atoms with Crippen LogP contribution in [0, 0.1) is 0 Å². The molecule has 244 valence electrons. The summed E-state index contributed by atoms with van der Waals surface area (Å²) in [6.07, 6.45) is 2.04. The highest BCUT2D eigenvalue weighted by Crippen LogP contribution is 2.46. The number of nitrogens with zero attached hydrogens (tertiary/aromatic N) is 1. The zero-order valence-corrected chi connectivity index (χ0v) is 29.3. The summed E-state index contributed by atoms with van der Waals surface area (Å²) in [6, 6.07) is 65.1. The maximum atomic E-state index is 2.53. The van der Waals surface area contributed by atoms with Crippen molar-refractivity contribution in [1.82, 2.24) is 4.57 Å². The lowest BCUT2D eigenvalue weighted by atomic mass is 9.86. The Morgan fingerprint density at radius 1 is 0.385 bits per heavy atom. The van der Waals surface area contributed by atoms with Crippen molar-refractivity contribution in [3.05, 3.63) is 187 Å². The summed E-state index contributed by atoms with van der Waals surface area (Å²) in [5.74, 6) is 0. The highest BCUT2D eigenvalue weighted by Gasteiger charge is 2.24. The zero-order chi connectivity index (χ0) is 34.2. The molecule has 0 saturated heterocycles. The predicted octanol–water partition coefficient (Wildman–Crippen LogP) is 13.9. The smallest absolute Gasteiger partial charge is 0.0550 e. The van der Waals surface area contributed by atoms with E-state index in [9.17, 15) is 0 Å². The van der Waals surface area contributed by atoms with E-state index in [1.165, 1.54) is 103 Å². The molecule has 1 aliphatic carbocycles. The minimum atomic E-state index is 1.02. The maximum Gasteiger partial charge on any atom is 0.0550 e. The van der Waals surface area contributed by atoms with Crippen molar-refractivity contribution in [3.8, 4) is 50.2 Å². The van der Waals surface area contributed by atoms with E-state index >= 15 is 0 Å². The normalized spacial score (nSPS) is 12.5. The van der Waals surface area contributed by atoms with E-state index in [4.69, 9.17) is 0 Å². The molecule has 0 amide bonds. The summed E-state index contributed by atoms with van der Waals surface area (Å²) < 4.78 is 5.24. The van der Waals surface area contributed by atoms with Gasteiger partial charge in [0.25, 0.3) is 0 Å². The van der Waals surface area contributed by atoms with Gasteiger partial charge in [0.15, 0.2) is 0 Å². The molecular formula is C50H33NS. The van der Waals surface area contributed by atoms with Gasteiger partial charge in [-0.15, -0.1) is 11.3 Å². The Labute approximate surface area is 306 Å². The number of hydrogen-bond acceptors (Lipinski definition) is 1. The van der Waals surface area contributed by atoms with Gasteiger partial charge in [0, 0.05) is 36.6 Å². The molecule has 0 atom stereocenters. The van der Waals surface area contributed by atoms with E-state index in [0.717, 1.165) is 12.8 Å². The van der Waals surface area contributed by atoms with Gasteiger partial charge in [-0.3, -0.25) is 0 Å². The highest BCUT2D eigenvalue weighted by atomic mass is 32.1. The highest BCUT2D eigenvalue weighted by molar-refractivity contribution is 7.26. The molecule has 2 heterocycles. The number of rotatable bonds is 5. The SMILES string of the molecule is c1ccc(-c2cc(-c3ccccc3)cc(-c3cc4c5c6c(cc(-c7cccc8c7sc7ccccc78)cc6n(-c6ccccc6)c5c3)CC4)c2)cc1.